The number of hydrogen-bond donors (Lipinski definition) is 1. The predicted molar refractivity (Wildman–Crippen MR) is 147 cm³/mol. The zero-order valence-corrected chi connectivity index (χ0v) is 20.7. The molecule has 1 heterocycles. The zero-order valence-electron chi connectivity index (χ0n) is 20.0. The molecule has 3 nitrogen and oxygen atoms in total. The molecule has 3 aromatic rings. The molecule has 1 aliphatic rings. The minimum Gasteiger partial charge on any atom is -0.492 e. The second-order valence-corrected chi connectivity index (χ2v) is 8.98. The highest BCUT2D eigenvalue weighted by Crippen LogP contribution is 2.29. The van der Waals surface area contributed by atoms with Gasteiger partial charge in [0.25, 0.3) is 0 Å². The predicted octanol–water partition coefficient (Wildman–Crippen LogP) is 8.00. The Morgan fingerprint density at radius 1 is 1.11 bits per heavy atom. The van der Waals surface area contributed by atoms with Gasteiger partial charge in [-0.15, -0.1) is 11.6 Å². The molecule has 1 aliphatic carbocycles. The largest absolute Gasteiger partial charge is 0.492 e. The van der Waals surface area contributed by atoms with Crippen LogP contribution in [-0.2, 0) is 6.42 Å². The summed E-state index contributed by atoms with van der Waals surface area (Å²) >= 11 is 5.74. The molecule has 0 radical (unpaired) electrons. The lowest BCUT2D eigenvalue weighted by atomic mass is 9.92. The highest BCUT2D eigenvalue weighted by atomic mass is 35.5. The summed E-state index contributed by atoms with van der Waals surface area (Å²) < 4.78 is 5.65. The highest BCUT2D eigenvalue weighted by Gasteiger charge is 2.13. The van der Waals surface area contributed by atoms with E-state index in [1.165, 1.54) is 22.0 Å². The van der Waals surface area contributed by atoms with Gasteiger partial charge in [-0.05, 0) is 96.0 Å². The molecule has 0 amide bonds. The van der Waals surface area contributed by atoms with Crippen molar-refractivity contribution >= 4 is 28.6 Å². The quantitative estimate of drug-likeness (QED) is 0.315. The van der Waals surface area contributed by atoms with Gasteiger partial charge in [0.2, 0.25) is 0 Å². The van der Waals surface area contributed by atoms with E-state index in [0.717, 1.165) is 47.3 Å². The molecule has 0 unspecified atom stereocenters. The SMILES string of the molecule is C=C1C=CC(C#N)=C(CCCc2ccc3[nH]ccc3c2C)C(/C=C/c2cccc(OCCCl)c2)=C1. The maximum absolute atomic E-state index is 9.88. The third-order valence-corrected chi connectivity index (χ3v) is 6.40. The van der Waals surface area contributed by atoms with E-state index < -0.39 is 0 Å². The van der Waals surface area contributed by atoms with Gasteiger partial charge in [0.1, 0.15) is 12.4 Å². The Labute approximate surface area is 212 Å². The minimum absolute atomic E-state index is 0.450. The monoisotopic (exact) mass is 480 g/mol. The first-order valence-electron chi connectivity index (χ1n) is 11.8. The smallest absolute Gasteiger partial charge is 0.119 e. The lowest BCUT2D eigenvalue weighted by molar-refractivity contribution is 0.343. The summed E-state index contributed by atoms with van der Waals surface area (Å²) in [4.78, 5) is 3.28. The maximum atomic E-state index is 9.88. The molecular weight excluding hydrogens is 452 g/mol. The van der Waals surface area contributed by atoms with Crippen molar-refractivity contribution in [2.45, 2.75) is 26.2 Å². The van der Waals surface area contributed by atoms with E-state index >= 15 is 0 Å². The van der Waals surface area contributed by atoms with Crippen LogP contribution in [-0.4, -0.2) is 17.5 Å². The first-order chi connectivity index (χ1) is 17.1. The highest BCUT2D eigenvalue weighted by molar-refractivity contribution is 6.18. The summed E-state index contributed by atoms with van der Waals surface area (Å²) in [6.07, 6.45) is 14.7. The number of aromatic nitrogens is 1. The van der Waals surface area contributed by atoms with Gasteiger partial charge in [-0.2, -0.15) is 5.26 Å². The van der Waals surface area contributed by atoms with E-state index in [0.29, 0.717) is 18.1 Å². The number of aromatic amines is 1. The third-order valence-electron chi connectivity index (χ3n) is 6.25. The van der Waals surface area contributed by atoms with Crippen LogP contribution in [0, 0.1) is 18.3 Å². The van der Waals surface area contributed by atoms with Crippen molar-refractivity contribution in [3.05, 3.63) is 119 Å². The number of halogens is 1. The van der Waals surface area contributed by atoms with Crippen molar-refractivity contribution in [3.8, 4) is 11.8 Å². The van der Waals surface area contributed by atoms with Gasteiger partial charge in [-0.25, -0.2) is 0 Å². The van der Waals surface area contributed by atoms with Crippen LogP contribution in [0.1, 0.15) is 29.5 Å². The summed E-state index contributed by atoms with van der Waals surface area (Å²) in [5.74, 6) is 1.24. The molecule has 0 spiro atoms. The average Bonchev–Trinajstić information content (AvgIpc) is 3.30. The molecule has 0 saturated heterocycles. The van der Waals surface area contributed by atoms with Gasteiger partial charge < -0.3 is 9.72 Å². The molecular formula is C31H29ClN2O. The van der Waals surface area contributed by atoms with Crippen LogP contribution in [0.25, 0.3) is 17.0 Å². The molecule has 0 fully saturated rings. The number of ether oxygens (including phenoxy) is 1. The number of aryl methyl sites for hydroxylation is 2. The molecule has 0 atom stereocenters. The number of rotatable bonds is 9. The van der Waals surface area contributed by atoms with E-state index in [-0.39, 0.29) is 0 Å². The zero-order chi connectivity index (χ0) is 24.6. The first kappa shape index (κ1) is 24.4. The number of benzene rings is 2. The molecule has 1 aromatic heterocycles. The van der Waals surface area contributed by atoms with Crippen molar-refractivity contribution in [2.75, 3.05) is 12.5 Å². The summed E-state index contributed by atoms with van der Waals surface area (Å²) in [5, 5.41) is 11.2. The van der Waals surface area contributed by atoms with Crippen molar-refractivity contribution in [1.29, 1.82) is 5.26 Å². The lowest BCUT2D eigenvalue weighted by Crippen LogP contribution is -1.97. The number of nitriles is 1. The average molecular weight is 481 g/mol. The molecule has 1 N–H and O–H groups in total. The molecule has 35 heavy (non-hydrogen) atoms. The Bertz CT molecular complexity index is 1390. The van der Waals surface area contributed by atoms with Gasteiger partial charge in [0.05, 0.1) is 17.5 Å². The van der Waals surface area contributed by atoms with Crippen molar-refractivity contribution in [2.24, 2.45) is 0 Å². The fourth-order valence-corrected chi connectivity index (χ4v) is 4.50. The van der Waals surface area contributed by atoms with Crippen LogP contribution < -0.4 is 4.74 Å². The van der Waals surface area contributed by atoms with E-state index in [9.17, 15) is 5.26 Å². The van der Waals surface area contributed by atoms with Crippen LogP contribution in [0.2, 0.25) is 0 Å². The fraction of sp³-hybridized carbons (Fsp3) is 0.194. The minimum atomic E-state index is 0.450. The van der Waals surface area contributed by atoms with E-state index in [2.05, 4.69) is 61.0 Å². The molecule has 4 heteroatoms. The van der Waals surface area contributed by atoms with Gasteiger partial charge in [-0.1, -0.05) is 43.0 Å². The van der Waals surface area contributed by atoms with Crippen LogP contribution in [0.4, 0.5) is 0 Å². The number of alkyl halides is 1. The van der Waals surface area contributed by atoms with Gasteiger partial charge in [-0.3, -0.25) is 0 Å². The van der Waals surface area contributed by atoms with Crippen LogP contribution in [0.3, 0.4) is 0 Å². The summed E-state index contributed by atoms with van der Waals surface area (Å²) in [6.45, 7) is 6.78. The number of allylic oxidation sites excluding steroid dienone is 8. The number of nitrogens with zero attached hydrogens (tertiary/aromatic N) is 1. The molecule has 2 aromatic carbocycles. The molecule has 0 saturated carbocycles. The summed E-state index contributed by atoms with van der Waals surface area (Å²) in [6, 6.07) is 16.8. The summed E-state index contributed by atoms with van der Waals surface area (Å²) in [5.41, 5.74) is 8.49. The van der Waals surface area contributed by atoms with Crippen LogP contribution >= 0.6 is 11.6 Å². The van der Waals surface area contributed by atoms with Crippen LogP contribution in [0.15, 0.2) is 102 Å². The van der Waals surface area contributed by atoms with E-state index in [1.54, 1.807) is 0 Å². The van der Waals surface area contributed by atoms with Gasteiger partial charge >= 0.3 is 0 Å². The van der Waals surface area contributed by atoms with Gasteiger partial charge in [0, 0.05) is 17.1 Å². The second kappa shape index (κ2) is 11.6. The fourth-order valence-electron chi connectivity index (χ4n) is 4.42. The number of fused-ring (bicyclic) bond motifs is 1. The van der Waals surface area contributed by atoms with Crippen LogP contribution in [0.5, 0.6) is 5.75 Å². The number of hydrogen-bond acceptors (Lipinski definition) is 2. The Balaban J connectivity index is 1.54. The third kappa shape index (κ3) is 6.04. The Kier molecular flexibility index (Phi) is 8.08. The molecule has 4 rings (SSSR count). The standard InChI is InChI=1S/C31H29ClN2O/c1-22-9-11-27(21-33)30(8-4-6-25-13-14-31-29(23(25)2)15-17-34-31)26(19-22)12-10-24-5-3-7-28(20-24)35-18-16-32/h3,5,7,9-15,17,19-20,34H,1,4,6,8,16,18H2,2H3/b12-10+. The molecule has 0 bridgehead atoms. The van der Waals surface area contributed by atoms with Crippen molar-refractivity contribution in [3.63, 3.8) is 0 Å². The maximum Gasteiger partial charge on any atom is 0.119 e. The Morgan fingerprint density at radius 3 is 2.83 bits per heavy atom. The number of H-pyrrole nitrogens is 1. The van der Waals surface area contributed by atoms with Crippen molar-refractivity contribution < 1.29 is 4.74 Å². The van der Waals surface area contributed by atoms with E-state index in [4.69, 9.17) is 16.3 Å². The number of nitrogens with one attached hydrogen (secondary N) is 1. The Hall–Kier alpha value is -3.74. The Morgan fingerprint density at radius 2 is 2.00 bits per heavy atom. The normalized spacial score (nSPS) is 13.9. The topological polar surface area (TPSA) is 48.8 Å². The molecule has 176 valence electrons. The van der Waals surface area contributed by atoms with Gasteiger partial charge in [0.15, 0.2) is 0 Å². The first-order valence-corrected chi connectivity index (χ1v) is 12.4. The molecule has 0 aliphatic heterocycles. The summed E-state index contributed by atoms with van der Waals surface area (Å²) in [7, 11) is 0. The second-order valence-electron chi connectivity index (χ2n) is 8.60. The van der Waals surface area contributed by atoms with Crippen molar-refractivity contribution in [1.82, 2.24) is 4.98 Å². The lowest BCUT2D eigenvalue weighted by Gasteiger charge is -2.12. The van der Waals surface area contributed by atoms with E-state index in [1.807, 2.05) is 42.6 Å².